The van der Waals surface area contributed by atoms with Gasteiger partial charge in [-0.1, -0.05) is 66.4 Å². The molecule has 2 amide bonds. The SMILES string of the molecule is COc1cccc(-c2nc(SCc3ccc(NC(=O)NCc4ccccc4)cc3)[nH]c(=O)c2C#N)c1. The van der Waals surface area contributed by atoms with Crippen LogP contribution in [0.25, 0.3) is 11.3 Å². The van der Waals surface area contributed by atoms with E-state index < -0.39 is 5.56 Å². The van der Waals surface area contributed by atoms with Crippen LogP contribution in [0.3, 0.4) is 0 Å². The second-order valence-corrected chi connectivity index (χ2v) is 8.68. The molecule has 0 aliphatic carbocycles. The molecule has 0 unspecified atom stereocenters. The van der Waals surface area contributed by atoms with Gasteiger partial charge in [0.1, 0.15) is 17.4 Å². The summed E-state index contributed by atoms with van der Waals surface area (Å²) in [5.74, 6) is 1.14. The van der Waals surface area contributed by atoms with E-state index in [1.807, 2.05) is 60.7 Å². The lowest BCUT2D eigenvalue weighted by Gasteiger charge is -2.09. The highest BCUT2D eigenvalue weighted by Crippen LogP contribution is 2.26. The van der Waals surface area contributed by atoms with Crippen LogP contribution in [0.1, 0.15) is 16.7 Å². The Balaban J connectivity index is 1.39. The first-order valence-corrected chi connectivity index (χ1v) is 12.0. The molecule has 0 fully saturated rings. The van der Waals surface area contributed by atoms with E-state index in [-0.39, 0.29) is 11.6 Å². The van der Waals surface area contributed by atoms with E-state index in [0.29, 0.717) is 40.1 Å². The Morgan fingerprint density at radius 1 is 1.06 bits per heavy atom. The Morgan fingerprint density at radius 3 is 2.56 bits per heavy atom. The van der Waals surface area contributed by atoms with Crippen molar-refractivity contribution in [3.8, 4) is 23.1 Å². The van der Waals surface area contributed by atoms with E-state index in [0.717, 1.165) is 11.1 Å². The van der Waals surface area contributed by atoms with E-state index >= 15 is 0 Å². The molecule has 8 nitrogen and oxygen atoms in total. The van der Waals surface area contributed by atoms with Gasteiger partial charge >= 0.3 is 6.03 Å². The van der Waals surface area contributed by atoms with Gasteiger partial charge in [0.15, 0.2) is 5.16 Å². The van der Waals surface area contributed by atoms with Gasteiger partial charge in [0.2, 0.25) is 0 Å². The number of carbonyl (C=O) groups excluding carboxylic acids is 1. The van der Waals surface area contributed by atoms with Crippen molar-refractivity contribution in [2.45, 2.75) is 17.5 Å². The van der Waals surface area contributed by atoms with Crippen LogP contribution in [0.4, 0.5) is 10.5 Å². The minimum absolute atomic E-state index is 0.0476. The number of methoxy groups -OCH3 is 1. The minimum atomic E-state index is -0.492. The van der Waals surface area contributed by atoms with Gasteiger partial charge in [-0.25, -0.2) is 9.78 Å². The number of nitriles is 1. The second-order valence-electron chi connectivity index (χ2n) is 7.72. The maximum Gasteiger partial charge on any atom is 0.319 e. The van der Waals surface area contributed by atoms with Crippen molar-refractivity contribution in [1.29, 1.82) is 5.26 Å². The van der Waals surface area contributed by atoms with Crippen LogP contribution in [0.5, 0.6) is 5.75 Å². The highest BCUT2D eigenvalue weighted by Gasteiger charge is 2.14. The van der Waals surface area contributed by atoms with Gasteiger partial charge in [-0.15, -0.1) is 0 Å². The van der Waals surface area contributed by atoms with Crippen LogP contribution >= 0.6 is 11.8 Å². The molecule has 0 aliphatic heterocycles. The molecule has 4 aromatic rings. The number of H-pyrrole nitrogens is 1. The zero-order valence-electron chi connectivity index (χ0n) is 19.4. The van der Waals surface area contributed by atoms with Crippen molar-refractivity contribution in [2.24, 2.45) is 0 Å². The molecule has 9 heteroatoms. The molecule has 180 valence electrons. The van der Waals surface area contributed by atoms with Crippen LogP contribution in [0.2, 0.25) is 0 Å². The fourth-order valence-electron chi connectivity index (χ4n) is 3.39. The summed E-state index contributed by atoms with van der Waals surface area (Å²) < 4.78 is 5.25. The third kappa shape index (κ3) is 6.31. The van der Waals surface area contributed by atoms with Crippen molar-refractivity contribution in [2.75, 3.05) is 12.4 Å². The standard InChI is InChI=1S/C27H23N5O3S/c1-35-22-9-5-8-20(14-22)24-23(15-28)25(33)32-27(31-24)36-17-19-10-12-21(13-11-19)30-26(34)29-16-18-6-3-2-4-7-18/h2-14H,16-17H2,1H3,(H2,29,30,34)(H,31,32,33). The molecular weight excluding hydrogens is 474 g/mol. The molecule has 0 radical (unpaired) electrons. The number of urea groups is 1. The Hall–Kier alpha value is -4.55. The predicted octanol–water partition coefficient (Wildman–Crippen LogP) is 4.93. The van der Waals surface area contributed by atoms with E-state index in [4.69, 9.17) is 4.74 Å². The molecule has 3 aromatic carbocycles. The number of nitrogens with one attached hydrogen (secondary N) is 3. The maximum absolute atomic E-state index is 12.5. The van der Waals surface area contributed by atoms with E-state index in [2.05, 4.69) is 20.6 Å². The Kier molecular flexibility index (Phi) is 8.01. The summed E-state index contributed by atoms with van der Waals surface area (Å²) in [6.07, 6.45) is 0. The molecule has 0 atom stereocenters. The summed E-state index contributed by atoms with van der Waals surface area (Å²) in [5, 5.41) is 15.5. The van der Waals surface area contributed by atoms with Crippen LogP contribution in [0, 0.1) is 11.3 Å². The Labute approximate surface area is 212 Å². The zero-order valence-corrected chi connectivity index (χ0v) is 20.3. The number of hydrogen-bond acceptors (Lipinski definition) is 6. The number of ether oxygens (including phenoxy) is 1. The summed E-state index contributed by atoms with van der Waals surface area (Å²) in [4.78, 5) is 31.9. The number of rotatable bonds is 8. The monoisotopic (exact) mass is 497 g/mol. The van der Waals surface area contributed by atoms with Gasteiger partial charge < -0.3 is 20.4 Å². The van der Waals surface area contributed by atoms with Gasteiger partial charge in [-0.05, 0) is 35.4 Å². The van der Waals surface area contributed by atoms with Gasteiger partial charge in [0, 0.05) is 23.5 Å². The van der Waals surface area contributed by atoms with Gasteiger partial charge in [0.05, 0.1) is 12.8 Å². The van der Waals surface area contributed by atoms with E-state index in [1.54, 1.807) is 31.4 Å². The maximum atomic E-state index is 12.5. The van der Waals surface area contributed by atoms with Crippen molar-refractivity contribution in [3.63, 3.8) is 0 Å². The molecule has 36 heavy (non-hydrogen) atoms. The lowest BCUT2D eigenvalue weighted by atomic mass is 10.1. The number of aromatic nitrogens is 2. The molecule has 0 aliphatic rings. The predicted molar refractivity (Wildman–Crippen MR) is 140 cm³/mol. The first-order chi connectivity index (χ1) is 17.6. The first kappa shape index (κ1) is 24.6. The van der Waals surface area contributed by atoms with Crippen LogP contribution in [-0.4, -0.2) is 23.1 Å². The molecular formula is C27H23N5O3S. The summed E-state index contributed by atoms with van der Waals surface area (Å²) >= 11 is 1.34. The van der Waals surface area contributed by atoms with E-state index in [9.17, 15) is 14.9 Å². The normalized spacial score (nSPS) is 10.3. The van der Waals surface area contributed by atoms with Crippen molar-refractivity contribution >= 4 is 23.5 Å². The van der Waals surface area contributed by atoms with Gasteiger partial charge in [-0.2, -0.15) is 5.26 Å². The average Bonchev–Trinajstić information content (AvgIpc) is 2.92. The lowest BCUT2D eigenvalue weighted by molar-refractivity contribution is 0.251. The van der Waals surface area contributed by atoms with Crippen molar-refractivity contribution in [1.82, 2.24) is 15.3 Å². The highest BCUT2D eigenvalue weighted by atomic mass is 32.2. The second kappa shape index (κ2) is 11.7. The van der Waals surface area contributed by atoms with Gasteiger partial charge in [-0.3, -0.25) is 4.79 Å². The third-order valence-corrected chi connectivity index (χ3v) is 6.18. The van der Waals surface area contributed by atoms with Crippen molar-refractivity contribution < 1.29 is 9.53 Å². The summed E-state index contributed by atoms with van der Waals surface area (Å²) in [5.41, 5.74) is 3.06. The molecule has 4 rings (SSSR count). The summed E-state index contributed by atoms with van der Waals surface area (Å²) in [7, 11) is 1.55. The Bertz CT molecular complexity index is 1450. The van der Waals surface area contributed by atoms with Gasteiger partial charge in [0.25, 0.3) is 5.56 Å². The smallest absolute Gasteiger partial charge is 0.319 e. The first-order valence-electron chi connectivity index (χ1n) is 11.0. The number of amides is 2. The fraction of sp³-hybridized carbons (Fsp3) is 0.111. The number of anilines is 1. The molecule has 1 heterocycles. The zero-order chi connectivity index (χ0) is 25.3. The van der Waals surface area contributed by atoms with Crippen molar-refractivity contribution in [3.05, 3.63) is 106 Å². The largest absolute Gasteiger partial charge is 0.497 e. The topological polar surface area (TPSA) is 120 Å². The number of carbonyl (C=O) groups is 1. The van der Waals surface area contributed by atoms with Crippen LogP contribution in [-0.2, 0) is 12.3 Å². The number of benzene rings is 3. The summed E-state index contributed by atoms with van der Waals surface area (Å²) in [6.45, 7) is 0.439. The number of thioether (sulfide) groups is 1. The highest BCUT2D eigenvalue weighted by molar-refractivity contribution is 7.98. The minimum Gasteiger partial charge on any atom is -0.497 e. The lowest BCUT2D eigenvalue weighted by Crippen LogP contribution is -2.28. The fourth-order valence-corrected chi connectivity index (χ4v) is 4.21. The Morgan fingerprint density at radius 2 is 1.83 bits per heavy atom. The number of aromatic amines is 1. The molecule has 0 saturated carbocycles. The number of hydrogen-bond donors (Lipinski definition) is 3. The third-order valence-electron chi connectivity index (χ3n) is 5.24. The molecule has 0 saturated heterocycles. The molecule has 0 bridgehead atoms. The van der Waals surface area contributed by atoms with Crippen LogP contribution < -0.4 is 20.9 Å². The van der Waals surface area contributed by atoms with Crippen LogP contribution in [0.15, 0.2) is 88.8 Å². The van der Waals surface area contributed by atoms with E-state index in [1.165, 1.54) is 11.8 Å². The average molecular weight is 498 g/mol. The molecule has 0 spiro atoms. The number of nitrogens with zero attached hydrogens (tertiary/aromatic N) is 2. The quantitative estimate of drug-likeness (QED) is 0.235. The molecule has 3 N–H and O–H groups in total. The molecule has 1 aromatic heterocycles. The summed E-state index contributed by atoms with van der Waals surface area (Å²) in [6, 6.07) is 25.8.